The lowest BCUT2D eigenvalue weighted by Gasteiger charge is -2.07. The number of ether oxygens (including phenoxy) is 3. The third-order valence-corrected chi connectivity index (χ3v) is 2.98. The van der Waals surface area contributed by atoms with Crippen LogP contribution >= 0.6 is 0 Å². The molecule has 0 saturated heterocycles. The molecule has 0 spiro atoms. The molecule has 6 heteroatoms. The van der Waals surface area contributed by atoms with Gasteiger partial charge in [-0.05, 0) is 36.4 Å². The van der Waals surface area contributed by atoms with Crippen molar-refractivity contribution in [2.24, 2.45) is 0 Å². The minimum atomic E-state index is -0.400. The quantitative estimate of drug-likeness (QED) is 0.577. The SMILES string of the molecule is COc1ccc(C(=O)OCCCOc2ncccc2C#N)cc1. The Kier molecular flexibility index (Phi) is 5.95. The molecular formula is C17H16N2O4. The van der Waals surface area contributed by atoms with Crippen molar-refractivity contribution in [1.82, 2.24) is 4.98 Å². The van der Waals surface area contributed by atoms with Crippen molar-refractivity contribution in [3.05, 3.63) is 53.7 Å². The van der Waals surface area contributed by atoms with Gasteiger partial charge in [0, 0.05) is 12.6 Å². The fourth-order valence-corrected chi connectivity index (χ4v) is 1.79. The van der Waals surface area contributed by atoms with Gasteiger partial charge in [-0.2, -0.15) is 5.26 Å². The standard InChI is InChI=1S/C17H16N2O4/c1-21-15-7-5-13(6-8-15)17(20)23-11-3-10-22-16-14(12-18)4-2-9-19-16/h2,4-9H,3,10-11H2,1H3. The lowest BCUT2D eigenvalue weighted by atomic mass is 10.2. The zero-order chi connectivity index (χ0) is 16.5. The Labute approximate surface area is 134 Å². The maximum absolute atomic E-state index is 11.8. The van der Waals surface area contributed by atoms with E-state index in [9.17, 15) is 4.79 Å². The van der Waals surface area contributed by atoms with Gasteiger partial charge in [0.25, 0.3) is 0 Å². The van der Waals surface area contributed by atoms with Crippen LogP contribution in [0.2, 0.25) is 0 Å². The lowest BCUT2D eigenvalue weighted by Crippen LogP contribution is -2.10. The second-order valence-electron chi connectivity index (χ2n) is 4.53. The van der Waals surface area contributed by atoms with Crippen LogP contribution in [0.15, 0.2) is 42.6 Å². The van der Waals surface area contributed by atoms with Crippen LogP contribution in [0.3, 0.4) is 0 Å². The Bertz CT molecular complexity index is 692. The van der Waals surface area contributed by atoms with Crippen molar-refractivity contribution < 1.29 is 19.0 Å². The number of esters is 1. The van der Waals surface area contributed by atoms with E-state index < -0.39 is 5.97 Å². The molecule has 0 amide bonds. The summed E-state index contributed by atoms with van der Waals surface area (Å²) in [6.07, 6.45) is 2.06. The summed E-state index contributed by atoms with van der Waals surface area (Å²) in [7, 11) is 1.56. The molecule has 0 aliphatic carbocycles. The Morgan fingerprint density at radius 2 is 2.00 bits per heavy atom. The highest BCUT2D eigenvalue weighted by Crippen LogP contribution is 2.13. The molecule has 2 rings (SSSR count). The summed E-state index contributed by atoms with van der Waals surface area (Å²) in [6, 6.07) is 12.0. The molecule has 118 valence electrons. The molecule has 6 nitrogen and oxygen atoms in total. The van der Waals surface area contributed by atoms with E-state index in [2.05, 4.69) is 4.98 Å². The van der Waals surface area contributed by atoms with Crippen molar-refractivity contribution in [2.45, 2.75) is 6.42 Å². The summed E-state index contributed by atoms with van der Waals surface area (Å²) in [5, 5.41) is 8.91. The predicted molar refractivity (Wildman–Crippen MR) is 82.3 cm³/mol. The summed E-state index contributed by atoms with van der Waals surface area (Å²) < 4.78 is 15.6. The highest BCUT2D eigenvalue weighted by molar-refractivity contribution is 5.89. The molecule has 23 heavy (non-hydrogen) atoms. The summed E-state index contributed by atoms with van der Waals surface area (Å²) >= 11 is 0. The van der Waals surface area contributed by atoms with E-state index in [1.807, 2.05) is 6.07 Å². The van der Waals surface area contributed by atoms with E-state index in [1.54, 1.807) is 49.7 Å². The number of hydrogen-bond acceptors (Lipinski definition) is 6. The molecule has 0 unspecified atom stereocenters. The summed E-state index contributed by atoms with van der Waals surface area (Å²) in [6.45, 7) is 0.529. The van der Waals surface area contributed by atoms with Gasteiger partial charge in [0.1, 0.15) is 17.4 Å². The van der Waals surface area contributed by atoms with Crippen LogP contribution in [0, 0.1) is 11.3 Å². The summed E-state index contributed by atoms with van der Waals surface area (Å²) in [5.74, 6) is 0.568. The topological polar surface area (TPSA) is 81.4 Å². The van der Waals surface area contributed by atoms with E-state index in [-0.39, 0.29) is 12.5 Å². The van der Waals surface area contributed by atoms with Gasteiger partial charge in [0.05, 0.1) is 25.9 Å². The minimum Gasteiger partial charge on any atom is -0.497 e. The molecule has 0 saturated carbocycles. The number of nitrogens with zero attached hydrogens (tertiary/aromatic N) is 2. The zero-order valence-corrected chi connectivity index (χ0v) is 12.7. The average Bonchev–Trinajstić information content (AvgIpc) is 2.61. The number of methoxy groups -OCH3 is 1. The second-order valence-corrected chi connectivity index (χ2v) is 4.53. The van der Waals surface area contributed by atoms with Gasteiger partial charge in [-0.1, -0.05) is 0 Å². The normalized spacial score (nSPS) is 9.74. The van der Waals surface area contributed by atoms with Gasteiger partial charge in [-0.25, -0.2) is 9.78 Å². The number of carbonyl (C=O) groups is 1. The Hall–Kier alpha value is -3.07. The first-order valence-corrected chi connectivity index (χ1v) is 7.03. The molecule has 1 aromatic heterocycles. The van der Waals surface area contributed by atoms with E-state index >= 15 is 0 Å². The van der Waals surface area contributed by atoms with Crippen LogP contribution in [-0.2, 0) is 4.74 Å². The van der Waals surface area contributed by atoms with E-state index in [0.717, 1.165) is 0 Å². The predicted octanol–water partition coefficient (Wildman–Crippen LogP) is 2.59. The fourth-order valence-electron chi connectivity index (χ4n) is 1.79. The maximum Gasteiger partial charge on any atom is 0.338 e. The number of nitriles is 1. The molecule has 1 aromatic carbocycles. The minimum absolute atomic E-state index is 0.222. The van der Waals surface area contributed by atoms with Crippen molar-refractivity contribution in [1.29, 1.82) is 5.26 Å². The molecular weight excluding hydrogens is 296 g/mol. The van der Waals surface area contributed by atoms with Crippen molar-refractivity contribution >= 4 is 5.97 Å². The van der Waals surface area contributed by atoms with Gasteiger partial charge >= 0.3 is 5.97 Å². The first kappa shape index (κ1) is 16.3. The number of hydrogen-bond donors (Lipinski definition) is 0. The second kappa shape index (κ2) is 8.39. The van der Waals surface area contributed by atoms with Crippen LogP contribution in [0.1, 0.15) is 22.3 Å². The van der Waals surface area contributed by atoms with Gasteiger partial charge in [-0.3, -0.25) is 0 Å². The van der Waals surface area contributed by atoms with Gasteiger partial charge in [0.2, 0.25) is 5.88 Å². The highest BCUT2D eigenvalue weighted by Gasteiger charge is 2.07. The van der Waals surface area contributed by atoms with Crippen molar-refractivity contribution in [2.75, 3.05) is 20.3 Å². The van der Waals surface area contributed by atoms with E-state index in [1.165, 1.54) is 0 Å². The molecule has 0 bridgehead atoms. The summed E-state index contributed by atoms with van der Waals surface area (Å²) in [5.41, 5.74) is 0.839. The number of benzene rings is 1. The smallest absolute Gasteiger partial charge is 0.338 e. The van der Waals surface area contributed by atoms with Crippen LogP contribution in [0.5, 0.6) is 11.6 Å². The Balaban J connectivity index is 1.72. The maximum atomic E-state index is 11.8. The monoisotopic (exact) mass is 312 g/mol. The van der Waals surface area contributed by atoms with Gasteiger partial charge in [-0.15, -0.1) is 0 Å². The summed E-state index contributed by atoms with van der Waals surface area (Å²) in [4.78, 5) is 15.8. The van der Waals surface area contributed by atoms with Crippen LogP contribution in [-0.4, -0.2) is 31.3 Å². The number of pyridine rings is 1. The first-order valence-electron chi connectivity index (χ1n) is 7.03. The van der Waals surface area contributed by atoms with E-state index in [4.69, 9.17) is 19.5 Å². The van der Waals surface area contributed by atoms with Crippen molar-refractivity contribution in [3.8, 4) is 17.7 Å². The third-order valence-electron chi connectivity index (χ3n) is 2.98. The highest BCUT2D eigenvalue weighted by atomic mass is 16.5. The first-order chi connectivity index (χ1) is 11.2. The van der Waals surface area contributed by atoms with Gasteiger partial charge < -0.3 is 14.2 Å². The lowest BCUT2D eigenvalue weighted by molar-refractivity contribution is 0.0485. The number of aromatic nitrogens is 1. The van der Waals surface area contributed by atoms with Crippen LogP contribution < -0.4 is 9.47 Å². The van der Waals surface area contributed by atoms with Crippen LogP contribution in [0.25, 0.3) is 0 Å². The average molecular weight is 312 g/mol. The molecule has 0 atom stereocenters. The third kappa shape index (κ3) is 4.71. The molecule has 1 heterocycles. The largest absolute Gasteiger partial charge is 0.497 e. The molecule has 0 radical (unpaired) electrons. The number of carbonyl (C=O) groups excluding carboxylic acids is 1. The van der Waals surface area contributed by atoms with Crippen LogP contribution in [0.4, 0.5) is 0 Å². The zero-order valence-electron chi connectivity index (χ0n) is 12.7. The molecule has 0 fully saturated rings. The Morgan fingerprint density at radius 3 is 2.70 bits per heavy atom. The molecule has 0 aliphatic rings. The molecule has 2 aromatic rings. The van der Waals surface area contributed by atoms with Crippen molar-refractivity contribution in [3.63, 3.8) is 0 Å². The fraction of sp³-hybridized carbons (Fsp3) is 0.235. The van der Waals surface area contributed by atoms with Gasteiger partial charge in [0.15, 0.2) is 0 Å². The Morgan fingerprint density at radius 1 is 1.22 bits per heavy atom. The number of rotatable bonds is 7. The van der Waals surface area contributed by atoms with E-state index in [0.29, 0.717) is 29.9 Å². The molecule has 0 aliphatic heterocycles. The molecule has 0 N–H and O–H groups in total.